The Bertz CT molecular complexity index is 496. The van der Waals surface area contributed by atoms with Crippen molar-refractivity contribution in [2.45, 2.75) is 23.6 Å². The first-order chi connectivity index (χ1) is 7.69. The predicted octanol–water partition coefficient (Wildman–Crippen LogP) is 1.49. The first-order valence-corrected chi connectivity index (χ1v) is 8.00. The van der Waals surface area contributed by atoms with E-state index in [-0.39, 0.29) is 14.9 Å². The lowest BCUT2D eigenvalue weighted by Gasteiger charge is -2.21. The summed E-state index contributed by atoms with van der Waals surface area (Å²) in [6.45, 7) is 4.24. The van der Waals surface area contributed by atoms with Crippen molar-refractivity contribution in [2.24, 2.45) is 7.05 Å². The van der Waals surface area contributed by atoms with Gasteiger partial charge in [0.15, 0.2) is 0 Å². The minimum Gasteiger partial charge on any atom is -0.324 e. The van der Waals surface area contributed by atoms with Crippen molar-refractivity contribution in [2.75, 3.05) is 12.8 Å². The highest BCUT2D eigenvalue weighted by Gasteiger charge is 2.25. The van der Waals surface area contributed by atoms with Crippen molar-refractivity contribution in [1.29, 1.82) is 0 Å². The molecule has 1 aromatic heterocycles. The maximum absolute atomic E-state index is 11.9. The number of sulfonamides is 1. The average molecular weight is 298 g/mol. The molecule has 0 aromatic carbocycles. The molecule has 17 heavy (non-hydrogen) atoms. The Kier molecular flexibility index (Phi) is 4.51. The zero-order chi connectivity index (χ0) is 13.3. The van der Waals surface area contributed by atoms with E-state index in [4.69, 9.17) is 11.6 Å². The summed E-state index contributed by atoms with van der Waals surface area (Å²) in [5, 5.41) is -0.0157. The van der Waals surface area contributed by atoms with Crippen molar-refractivity contribution in [3.8, 4) is 0 Å². The number of hydrogen-bond acceptors (Lipinski definition) is 4. The standard InChI is InChI=1S/C9H16ClN3O2S2/c1-9(2,16-4)5-12-17(14,15)8-7(10)13(3)6-11-8/h6,12H,5H2,1-4H3. The van der Waals surface area contributed by atoms with Crippen LogP contribution >= 0.6 is 23.4 Å². The van der Waals surface area contributed by atoms with E-state index in [1.165, 1.54) is 10.9 Å². The average Bonchev–Trinajstić information content (AvgIpc) is 2.58. The quantitative estimate of drug-likeness (QED) is 0.894. The molecule has 8 heteroatoms. The Morgan fingerprint density at radius 2 is 2.18 bits per heavy atom. The normalized spacial score (nSPS) is 13.0. The van der Waals surface area contributed by atoms with E-state index in [9.17, 15) is 8.42 Å². The van der Waals surface area contributed by atoms with Gasteiger partial charge < -0.3 is 4.57 Å². The number of aryl methyl sites for hydroxylation is 1. The van der Waals surface area contributed by atoms with Gasteiger partial charge in [-0.25, -0.2) is 18.1 Å². The summed E-state index contributed by atoms with van der Waals surface area (Å²) >= 11 is 7.44. The lowest BCUT2D eigenvalue weighted by molar-refractivity contribution is 0.567. The van der Waals surface area contributed by atoms with Crippen LogP contribution in [0.25, 0.3) is 0 Å². The molecule has 0 atom stereocenters. The largest absolute Gasteiger partial charge is 0.324 e. The highest BCUT2D eigenvalue weighted by Crippen LogP contribution is 2.22. The fourth-order valence-electron chi connectivity index (χ4n) is 0.983. The Morgan fingerprint density at radius 3 is 2.59 bits per heavy atom. The van der Waals surface area contributed by atoms with E-state index in [1.54, 1.807) is 18.8 Å². The number of halogens is 1. The van der Waals surface area contributed by atoms with Gasteiger partial charge in [0.25, 0.3) is 10.0 Å². The molecule has 0 aliphatic carbocycles. The highest BCUT2D eigenvalue weighted by atomic mass is 35.5. The first kappa shape index (κ1) is 14.8. The van der Waals surface area contributed by atoms with Gasteiger partial charge in [-0.15, -0.1) is 0 Å². The van der Waals surface area contributed by atoms with Crippen LogP contribution in [0.3, 0.4) is 0 Å². The number of hydrogen-bond donors (Lipinski definition) is 1. The molecule has 1 heterocycles. The summed E-state index contributed by atoms with van der Waals surface area (Å²) < 4.78 is 27.7. The number of aromatic nitrogens is 2. The molecule has 5 nitrogen and oxygen atoms in total. The van der Waals surface area contributed by atoms with E-state index in [2.05, 4.69) is 9.71 Å². The second-order valence-electron chi connectivity index (χ2n) is 4.24. The molecule has 0 fully saturated rings. The van der Waals surface area contributed by atoms with E-state index in [1.807, 2.05) is 20.1 Å². The molecule has 1 rings (SSSR count). The molecule has 98 valence electrons. The third kappa shape index (κ3) is 3.61. The van der Waals surface area contributed by atoms with Crippen LogP contribution in [-0.4, -0.2) is 35.5 Å². The van der Waals surface area contributed by atoms with Gasteiger partial charge >= 0.3 is 0 Å². The van der Waals surface area contributed by atoms with E-state index in [0.29, 0.717) is 6.54 Å². The highest BCUT2D eigenvalue weighted by molar-refractivity contribution is 8.00. The number of nitrogens with zero attached hydrogens (tertiary/aromatic N) is 2. The summed E-state index contributed by atoms with van der Waals surface area (Å²) in [5.41, 5.74) is 0. The van der Waals surface area contributed by atoms with E-state index >= 15 is 0 Å². The second-order valence-corrected chi connectivity index (χ2v) is 7.79. The van der Waals surface area contributed by atoms with Gasteiger partial charge in [0.1, 0.15) is 5.15 Å². The molecule has 0 radical (unpaired) electrons. The zero-order valence-electron chi connectivity index (χ0n) is 10.2. The predicted molar refractivity (Wildman–Crippen MR) is 71.0 cm³/mol. The minimum atomic E-state index is -3.64. The number of thioether (sulfide) groups is 1. The van der Waals surface area contributed by atoms with Gasteiger partial charge in [-0.05, 0) is 20.1 Å². The molecule has 0 bridgehead atoms. The molecular formula is C9H16ClN3O2S2. The molecule has 0 aliphatic heterocycles. The van der Waals surface area contributed by atoms with Gasteiger partial charge in [-0.3, -0.25) is 0 Å². The summed E-state index contributed by atoms with van der Waals surface area (Å²) in [7, 11) is -2.00. The summed E-state index contributed by atoms with van der Waals surface area (Å²) in [6, 6.07) is 0. The maximum atomic E-state index is 11.9. The Balaban J connectivity index is 2.87. The third-order valence-corrected chi connectivity index (χ3v) is 5.47. The fraction of sp³-hybridized carbons (Fsp3) is 0.667. The molecule has 0 saturated heterocycles. The van der Waals surface area contributed by atoms with Crippen molar-refractivity contribution >= 4 is 33.4 Å². The Labute approximate surface area is 111 Å². The molecule has 0 amide bonds. The fourth-order valence-corrected chi connectivity index (χ4v) is 2.93. The van der Waals surface area contributed by atoms with Crippen molar-refractivity contribution in [3.05, 3.63) is 11.5 Å². The molecule has 0 aliphatic rings. The number of imidazole rings is 1. The van der Waals surface area contributed by atoms with Crippen LogP contribution in [0.1, 0.15) is 13.8 Å². The number of nitrogens with one attached hydrogen (secondary N) is 1. The SMILES string of the molecule is CSC(C)(C)CNS(=O)(=O)c1ncn(C)c1Cl. The second kappa shape index (κ2) is 5.17. The molecule has 0 unspecified atom stereocenters. The smallest absolute Gasteiger partial charge is 0.261 e. The minimum absolute atomic E-state index is 0.111. The monoisotopic (exact) mass is 297 g/mol. The van der Waals surface area contributed by atoms with Crippen molar-refractivity contribution in [1.82, 2.24) is 14.3 Å². The van der Waals surface area contributed by atoms with Crippen LogP contribution in [0, 0.1) is 0 Å². The lowest BCUT2D eigenvalue weighted by Crippen LogP contribution is -2.36. The summed E-state index contributed by atoms with van der Waals surface area (Å²) in [5.74, 6) is 0. The molecule has 1 aromatic rings. The van der Waals surface area contributed by atoms with Crippen LogP contribution in [0.2, 0.25) is 5.15 Å². The Morgan fingerprint density at radius 1 is 1.59 bits per heavy atom. The van der Waals surface area contributed by atoms with Crippen LogP contribution in [0.15, 0.2) is 11.4 Å². The summed E-state index contributed by atoms with van der Waals surface area (Å²) in [4.78, 5) is 3.79. The first-order valence-electron chi connectivity index (χ1n) is 4.91. The van der Waals surface area contributed by atoms with Crippen LogP contribution in [0.5, 0.6) is 0 Å². The van der Waals surface area contributed by atoms with Crippen LogP contribution in [-0.2, 0) is 17.1 Å². The topological polar surface area (TPSA) is 64.0 Å². The third-order valence-electron chi connectivity index (χ3n) is 2.33. The van der Waals surface area contributed by atoms with Crippen molar-refractivity contribution < 1.29 is 8.42 Å². The van der Waals surface area contributed by atoms with Gasteiger partial charge in [0.05, 0.1) is 6.33 Å². The molecule has 0 spiro atoms. The Hall–Kier alpha value is -0.240. The van der Waals surface area contributed by atoms with Crippen molar-refractivity contribution in [3.63, 3.8) is 0 Å². The van der Waals surface area contributed by atoms with Crippen LogP contribution in [0.4, 0.5) is 0 Å². The molecule has 0 saturated carbocycles. The van der Waals surface area contributed by atoms with Gasteiger partial charge in [0, 0.05) is 18.3 Å². The van der Waals surface area contributed by atoms with Gasteiger partial charge in [-0.2, -0.15) is 11.8 Å². The molecular weight excluding hydrogens is 282 g/mol. The van der Waals surface area contributed by atoms with E-state index < -0.39 is 10.0 Å². The summed E-state index contributed by atoms with van der Waals surface area (Å²) in [6.07, 6.45) is 3.30. The lowest BCUT2D eigenvalue weighted by atomic mass is 10.2. The zero-order valence-corrected chi connectivity index (χ0v) is 12.6. The van der Waals surface area contributed by atoms with Crippen LogP contribution < -0.4 is 4.72 Å². The van der Waals surface area contributed by atoms with E-state index in [0.717, 1.165) is 0 Å². The van der Waals surface area contributed by atoms with Gasteiger partial charge in [0.2, 0.25) is 5.03 Å². The van der Waals surface area contributed by atoms with Gasteiger partial charge in [-0.1, -0.05) is 11.6 Å². The number of rotatable bonds is 5. The maximum Gasteiger partial charge on any atom is 0.261 e. The molecule has 1 N–H and O–H groups in total.